The fraction of sp³-hybridized carbons (Fsp3) is 0.529. The van der Waals surface area contributed by atoms with Crippen molar-refractivity contribution < 1.29 is 9.59 Å². The standard InChI is InChI=1S/C17H26N3O2P/c1-5-7-14-13(4)18-11-15(19-14)16(21)20(9-6-2)10-8-12(3)17(22)23/h5,7,11-12H,6,8-10,23H2,1-4H3/b7-5-. The number of hydrogen-bond donors (Lipinski definition) is 0. The minimum absolute atomic E-state index is 0.0689. The van der Waals surface area contributed by atoms with Crippen molar-refractivity contribution in [3.8, 4) is 0 Å². The highest BCUT2D eigenvalue weighted by Gasteiger charge is 2.19. The SMILES string of the molecule is C/C=C\c1nc(C(=O)N(CCC)CCC(C)C(=O)P)cnc1C. The van der Waals surface area contributed by atoms with Gasteiger partial charge in [0.2, 0.25) is 0 Å². The predicted octanol–water partition coefficient (Wildman–Crippen LogP) is 3.10. The first-order valence-electron chi connectivity index (χ1n) is 7.95. The molecular formula is C17H26N3O2P. The summed E-state index contributed by atoms with van der Waals surface area (Å²) in [5.74, 6) is -0.205. The monoisotopic (exact) mass is 335 g/mol. The molecule has 0 aliphatic rings. The van der Waals surface area contributed by atoms with Gasteiger partial charge in [0, 0.05) is 19.0 Å². The summed E-state index contributed by atoms with van der Waals surface area (Å²) in [6, 6.07) is 0. The molecule has 0 bridgehead atoms. The number of carbonyl (C=O) groups excluding carboxylic acids is 2. The zero-order valence-electron chi connectivity index (χ0n) is 14.4. The maximum Gasteiger partial charge on any atom is 0.274 e. The maximum absolute atomic E-state index is 12.7. The molecule has 2 atom stereocenters. The van der Waals surface area contributed by atoms with E-state index in [0.29, 0.717) is 30.9 Å². The van der Waals surface area contributed by atoms with E-state index in [2.05, 4.69) is 19.2 Å². The number of allylic oxidation sites excluding steroid dienone is 1. The minimum Gasteiger partial charge on any atom is -0.337 e. The first-order chi connectivity index (χ1) is 10.9. The van der Waals surface area contributed by atoms with Gasteiger partial charge in [-0.1, -0.05) is 29.2 Å². The number of amides is 1. The predicted molar refractivity (Wildman–Crippen MR) is 96.2 cm³/mol. The van der Waals surface area contributed by atoms with Crippen LogP contribution in [0.1, 0.15) is 55.5 Å². The number of aromatic nitrogens is 2. The lowest BCUT2D eigenvalue weighted by atomic mass is 10.1. The van der Waals surface area contributed by atoms with Crippen molar-refractivity contribution in [2.75, 3.05) is 13.1 Å². The van der Waals surface area contributed by atoms with E-state index in [9.17, 15) is 9.59 Å². The molecule has 5 nitrogen and oxygen atoms in total. The lowest BCUT2D eigenvalue weighted by molar-refractivity contribution is -0.114. The summed E-state index contributed by atoms with van der Waals surface area (Å²) in [5, 5.41) is 0. The summed E-state index contributed by atoms with van der Waals surface area (Å²) in [6.07, 6.45) is 6.75. The Balaban J connectivity index is 2.92. The summed E-state index contributed by atoms with van der Waals surface area (Å²) in [7, 11) is 2.20. The Kier molecular flexibility index (Phi) is 8.04. The number of hydrogen-bond acceptors (Lipinski definition) is 4. The summed E-state index contributed by atoms with van der Waals surface area (Å²) in [4.78, 5) is 34.5. The molecule has 0 aliphatic heterocycles. The number of aryl methyl sites for hydroxylation is 1. The molecule has 1 amide bonds. The molecule has 0 saturated heterocycles. The van der Waals surface area contributed by atoms with Crippen molar-refractivity contribution in [2.24, 2.45) is 5.92 Å². The number of rotatable bonds is 8. The van der Waals surface area contributed by atoms with Gasteiger partial charge in [0.25, 0.3) is 5.91 Å². The molecule has 0 saturated carbocycles. The van der Waals surface area contributed by atoms with Crippen LogP contribution in [0.5, 0.6) is 0 Å². The number of nitrogens with zero attached hydrogens (tertiary/aromatic N) is 3. The second kappa shape index (κ2) is 9.51. The first-order valence-corrected chi connectivity index (χ1v) is 8.53. The van der Waals surface area contributed by atoms with Gasteiger partial charge in [-0.25, -0.2) is 4.98 Å². The van der Waals surface area contributed by atoms with E-state index in [1.807, 2.05) is 39.8 Å². The second-order valence-electron chi connectivity index (χ2n) is 5.61. The molecule has 0 aromatic carbocycles. The van der Waals surface area contributed by atoms with E-state index >= 15 is 0 Å². The van der Waals surface area contributed by atoms with E-state index in [4.69, 9.17) is 0 Å². The van der Waals surface area contributed by atoms with E-state index in [1.165, 1.54) is 6.20 Å². The second-order valence-corrected chi connectivity index (χ2v) is 6.18. The van der Waals surface area contributed by atoms with Gasteiger partial charge in [-0.2, -0.15) is 0 Å². The van der Waals surface area contributed by atoms with Crippen molar-refractivity contribution in [3.05, 3.63) is 29.4 Å². The van der Waals surface area contributed by atoms with Crippen molar-refractivity contribution in [1.82, 2.24) is 14.9 Å². The van der Waals surface area contributed by atoms with Crippen LogP contribution in [0, 0.1) is 12.8 Å². The molecule has 1 rings (SSSR count). The zero-order chi connectivity index (χ0) is 17.4. The summed E-state index contributed by atoms with van der Waals surface area (Å²) in [5.41, 5.74) is 1.92. The Labute approximate surface area is 140 Å². The largest absolute Gasteiger partial charge is 0.337 e. The average molecular weight is 335 g/mol. The van der Waals surface area contributed by atoms with Crippen LogP contribution in [0.2, 0.25) is 0 Å². The van der Waals surface area contributed by atoms with Crippen LogP contribution in [0.4, 0.5) is 0 Å². The normalized spacial score (nSPS) is 12.4. The van der Waals surface area contributed by atoms with Gasteiger partial charge in [0.1, 0.15) is 5.69 Å². The molecular weight excluding hydrogens is 309 g/mol. The lowest BCUT2D eigenvalue weighted by Gasteiger charge is -2.23. The van der Waals surface area contributed by atoms with Gasteiger partial charge in [-0.15, -0.1) is 0 Å². The molecule has 0 fully saturated rings. The van der Waals surface area contributed by atoms with Crippen LogP contribution in [0.15, 0.2) is 12.3 Å². The van der Waals surface area contributed by atoms with Crippen LogP contribution in [-0.2, 0) is 4.79 Å². The van der Waals surface area contributed by atoms with Gasteiger partial charge in [-0.05, 0) is 32.8 Å². The summed E-state index contributed by atoms with van der Waals surface area (Å²) in [6.45, 7) is 8.86. The quantitative estimate of drug-likeness (QED) is 0.685. The van der Waals surface area contributed by atoms with Crippen molar-refractivity contribution >= 4 is 26.7 Å². The Morgan fingerprint density at radius 1 is 1.39 bits per heavy atom. The van der Waals surface area contributed by atoms with Gasteiger partial charge < -0.3 is 4.90 Å². The molecule has 2 unspecified atom stereocenters. The zero-order valence-corrected chi connectivity index (χ0v) is 15.5. The molecule has 1 aromatic heterocycles. The Morgan fingerprint density at radius 3 is 2.65 bits per heavy atom. The third kappa shape index (κ3) is 5.83. The smallest absolute Gasteiger partial charge is 0.274 e. The highest BCUT2D eigenvalue weighted by molar-refractivity contribution is 7.40. The maximum atomic E-state index is 12.7. The molecule has 0 aliphatic carbocycles. The molecule has 1 aromatic rings. The van der Waals surface area contributed by atoms with Crippen LogP contribution >= 0.6 is 9.24 Å². The van der Waals surface area contributed by atoms with Crippen LogP contribution in [-0.4, -0.2) is 39.4 Å². The first kappa shape index (κ1) is 19.4. The molecule has 23 heavy (non-hydrogen) atoms. The third-order valence-corrected chi connectivity index (χ3v) is 4.20. The topological polar surface area (TPSA) is 63.2 Å². The van der Waals surface area contributed by atoms with Gasteiger partial charge in [0.15, 0.2) is 5.52 Å². The third-order valence-electron chi connectivity index (χ3n) is 3.63. The van der Waals surface area contributed by atoms with Gasteiger partial charge in [-0.3, -0.25) is 14.6 Å². The van der Waals surface area contributed by atoms with E-state index in [1.54, 1.807) is 4.90 Å². The van der Waals surface area contributed by atoms with E-state index in [-0.39, 0.29) is 17.3 Å². The van der Waals surface area contributed by atoms with Gasteiger partial charge >= 0.3 is 0 Å². The van der Waals surface area contributed by atoms with Crippen LogP contribution in [0.3, 0.4) is 0 Å². The number of carbonyl (C=O) groups is 2. The average Bonchev–Trinajstić information content (AvgIpc) is 2.52. The Bertz CT molecular complexity index is 587. The molecule has 126 valence electrons. The van der Waals surface area contributed by atoms with E-state index in [0.717, 1.165) is 12.1 Å². The molecule has 0 spiro atoms. The fourth-order valence-corrected chi connectivity index (χ4v) is 2.29. The van der Waals surface area contributed by atoms with Crippen molar-refractivity contribution in [2.45, 2.75) is 40.5 Å². The summed E-state index contributed by atoms with van der Waals surface area (Å²) >= 11 is 0. The summed E-state index contributed by atoms with van der Waals surface area (Å²) < 4.78 is 0. The Morgan fingerprint density at radius 2 is 2.09 bits per heavy atom. The highest BCUT2D eigenvalue weighted by Crippen LogP contribution is 2.12. The minimum atomic E-state index is -0.131. The molecule has 6 heteroatoms. The van der Waals surface area contributed by atoms with Crippen LogP contribution < -0.4 is 0 Å². The fourth-order valence-electron chi connectivity index (χ4n) is 2.12. The van der Waals surface area contributed by atoms with Gasteiger partial charge in [0.05, 0.1) is 17.6 Å². The van der Waals surface area contributed by atoms with E-state index < -0.39 is 0 Å². The highest BCUT2D eigenvalue weighted by atomic mass is 31.0. The van der Waals surface area contributed by atoms with Crippen molar-refractivity contribution in [1.29, 1.82) is 0 Å². The Hall–Kier alpha value is -1.61. The van der Waals surface area contributed by atoms with Crippen molar-refractivity contribution in [3.63, 3.8) is 0 Å². The molecule has 1 heterocycles. The molecule has 0 radical (unpaired) electrons. The van der Waals surface area contributed by atoms with Crippen LogP contribution in [0.25, 0.3) is 6.08 Å². The lowest BCUT2D eigenvalue weighted by Crippen LogP contribution is -2.34. The molecule has 0 N–H and O–H groups in total.